The Hall–Kier alpha value is -3.26. The minimum atomic E-state index is -0.546. The van der Waals surface area contributed by atoms with Crippen molar-refractivity contribution < 1.29 is 9.50 Å². The van der Waals surface area contributed by atoms with Crippen molar-refractivity contribution in [3.63, 3.8) is 0 Å². The monoisotopic (exact) mass is 463 g/mol. The summed E-state index contributed by atoms with van der Waals surface area (Å²) in [6.45, 7) is 4.59. The smallest absolute Gasteiger partial charge is 0.250 e. The second-order valence-corrected chi connectivity index (χ2v) is 10.4. The van der Waals surface area contributed by atoms with Crippen molar-refractivity contribution >= 4 is 5.82 Å². The highest BCUT2D eigenvalue weighted by atomic mass is 19.1. The number of aromatic nitrogens is 3. The van der Waals surface area contributed by atoms with E-state index in [9.17, 15) is 14.3 Å². The normalized spacial score (nSPS) is 26.0. The topological polar surface area (TPSA) is 83.3 Å². The van der Waals surface area contributed by atoms with Gasteiger partial charge in [0.15, 0.2) is 5.82 Å². The molecule has 0 aliphatic carbocycles. The average Bonchev–Trinajstić information content (AvgIpc) is 3.03. The second kappa shape index (κ2) is 7.91. The number of fused-ring (bicyclic) bond motifs is 2. The molecule has 178 valence electrons. The lowest BCUT2D eigenvalue weighted by molar-refractivity contribution is 0.207. The van der Waals surface area contributed by atoms with Gasteiger partial charge < -0.3 is 19.9 Å². The van der Waals surface area contributed by atoms with Crippen LogP contribution in [-0.4, -0.2) is 44.0 Å². The Kier molecular flexibility index (Phi) is 5.24. The van der Waals surface area contributed by atoms with Gasteiger partial charge in [0, 0.05) is 54.6 Å². The van der Waals surface area contributed by atoms with Gasteiger partial charge in [-0.05, 0) is 75.4 Å². The fraction of sp³-hybridized carbons (Fsp3) is 0.423. The van der Waals surface area contributed by atoms with Crippen LogP contribution in [0.4, 0.5) is 10.2 Å². The number of hydrogen-bond donors (Lipinski definition) is 2. The van der Waals surface area contributed by atoms with Crippen LogP contribution in [0.3, 0.4) is 0 Å². The fourth-order valence-corrected chi connectivity index (χ4v) is 5.65. The molecule has 2 saturated heterocycles. The number of benzene rings is 1. The van der Waals surface area contributed by atoms with Gasteiger partial charge in [0.25, 0.3) is 5.56 Å². The van der Waals surface area contributed by atoms with Gasteiger partial charge in [-0.25, -0.2) is 4.39 Å². The molecule has 2 aliphatic heterocycles. The molecule has 0 saturated carbocycles. The molecule has 5 rings (SSSR count). The van der Waals surface area contributed by atoms with Crippen LogP contribution in [0.1, 0.15) is 39.5 Å². The molecule has 3 aromatic rings. The summed E-state index contributed by atoms with van der Waals surface area (Å²) in [5.41, 5.74) is 1.24. The van der Waals surface area contributed by atoms with Crippen LogP contribution in [-0.2, 0) is 7.05 Å². The van der Waals surface area contributed by atoms with E-state index in [0.29, 0.717) is 17.3 Å². The van der Waals surface area contributed by atoms with Gasteiger partial charge >= 0.3 is 0 Å². The first-order valence-corrected chi connectivity index (χ1v) is 11.6. The summed E-state index contributed by atoms with van der Waals surface area (Å²) in [6, 6.07) is 9.51. The van der Waals surface area contributed by atoms with Crippen molar-refractivity contribution in [2.24, 2.45) is 7.05 Å². The summed E-state index contributed by atoms with van der Waals surface area (Å²) < 4.78 is 16.4. The van der Waals surface area contributed by atoms with Crippen molar-refractivity contribution in [3.05, 3.63) is 58.8 Å². The molecular weight excluding hydrogens is 433 g/mol. The maximum atomic E-state index is 15.0. The average molecular weight is 464 g/mol. The maximum Gasteiger partial charge on any atom is 0.250 e. The van der Waals surface area contributed by atoms with E-state index in [0.717, 1.165) is 18.7 Å². The predicted molar refractivity (Wildman–Crippen MR) is 130 cm³/mol. The van der Waals surface area contributed by atoms with Gasteiger partial charge in [0.1, 0.15) is 11.6 Å². The third-order valence-electron chi connectivity index (χ3n) is 7.54. The van der Waals surface area contributed by atoms with Crippen LogP contribution >= 0.6 is 0 Å². The van der Waals surface area contributed by atoms with Gasteiger partial charge in [-0.2, -0.15) is 0 Å². The first-order valence-electron chi connectivity index (χ1n) is 11.6. The van der Waals surface area contributed by atoms with Crippen LogP contribution < -0.4 is 15.8 Å². The molecule has 4 heterocycles. The van der Waals surface area contributed by atoms with Crippen molar-refractivity contribution in [2.45, 2.75) is 56.7 Å². The molecule has 2 atom stereocenters. The van der Waals surface area contributed by atoms with Gasteiger partial charge in [-0.15, -0.1) is 10.2 Å². The molecule has 34 heavy (non-hydrogen) atoms. The third kappa shape index (κ3) is 3.96. The molecule has 1 aromatic carbocycles. The molecular formula is C26H30FN5O2. The number of hydrogen-bond acceptors (Lipinski definition) is 6. The summed E-state index contributed by atoms with van der Waals surface area (Å²) in [5, 5.41) is 23.1. The van der Waals surface area contributed by atoms with Gasteiger partial charge in [-0.1, -0.05) is 0 Å². The number of nitrogens with one attached hydrogen (secondary N) is 1. The van der Waals surface area contributed by atoms with Crippen molar-refractivity contribution in [1.82, 2.24) is 20.1 Å². The Balaban J connectivity index is 1.40. The van der Waals surface area contributed by atoms with Crippen LogP contribution in [0.25, 0.3) is 22.4 Å². The molecule has 2 aliphatic rings. The predicted octanol–water partition coefficient (Wildman–Crippen LogP) is 3.85. The van der Waals surface area contributed by atoms with Crippen molar-refractivity contribution in [3.8, 4) is 28.1 Å². The second-order valence-electron chi connectivity index (χ2n) is 10.4. The van der Waals surface area contributed by atoms with Gasteiger partial charge in [-0.3, -0.25) is 4.79 Å². The minimum absolute atomic E-state index is 0.122. The first kappa shape index (κ1) is 22.5. The summed E-state index contributed by atoms with van der Waals surface area (Å²) in [4.78, 5) is 14.1. The summed E-state index contributed by atoms with van der Waals surface area (Å²) in [5.74, 6) is 0.0814. The number of phenolic OH excluding ortho intramolecular Hbond substituents is 1. The van der Waals surface area contributed by atoms with Gasteiger partial charge in [0.2, 0.25) is 0 Å². The number of halogens is 1. The third-order valence-corrected chi connectivity index (χ3v) is 7.54. The summed E-state index contributed by atoms with van der Waals surface area (Å²) in [6.07, 6.45) is 6.00. The highest BCUT2D eigenvalue weighted by molar-refractivity contribution is 5.74. The number of piperidine rings is 1. The number of nitrogens with zero attached hydrogens (tertiary/aromatic N) is 4. The Bertz CT molecular complexity index is 1290. The molecule has 2 aromatic heterocycles. The molecule has 0 radical (unpaired) electrons. The number of rotatable bonds is 4. The van der Waals surface area contributed by atoms with Crippen molar-refractivity contribution in [1.29, 1.82) is 0 Å². The highest BCUT2D eigenvalue weighted by Gasteiger charge is 2.49. The van der Waals surface area contributed by atoms with E-state index in [2.05, 4.69) is 34.3 Å². The largest absolute Gasteiger partial charge is 0.507 e. The van der Waals surface area contributed by atoms with E-state index >= 15 is 0 Å². The highest BCUT2D eigenvalue weighted by Crippen LogP contribution is 2.44. The van der Waals surface area contributed by atoms with E-state index in [-0.39, 0.29) is 33.5 Å². The van der Waals surface area contributed by atoms with Crippen LogP contribution in [0.15, 0.2) is 47.4 Å². The Labute approximate surface area is 198 Å². The molecule has 2 fully saturated rings. The molecule has 0 spiro atoms. The lowest BCUT2D eigenvalue weighted by atomic mass is 9.84. The van der Waals surface area contributed by atoms with Crippen molar-refractivity contribution in [2.75, 3.05) is 11.9 Å². The number of aromatic hydroxyl groups is 1. The number of aryl methyl sites for hydroxylation is 1. The van der Waals surface area contributed by atoms with Crippen LogP contribution in [0, 0.1) is 5.82 Å². The van der Waals surface area contributed by atoms with Crippen LogP contribution in [0.5, 0.6) is 5.75 Å². The SMILES string of the molecule is CN(c1ccc(-c2cc(F)c(-c3ccn(C)c(=O)c3)cc2O)nn1)C1CC2(C)CCC(C)(C1)N2. The molecule has 7 nitrogen and oxygen atoms in total. The Morgan fingerprint density at radius 2 is 1.79 bits per heavy atom. The van der Waals surface area contributed by atoms with E-state index in [4.69, 9.17) is 0 Å². The van der Waals surface area contributed by atoms with Gasteiger partial charge in [0.05, 0.1) is 5.69 Å². The summed E-state index contributed by atoms with van der Waals surface area (Å²) >= 11 is 0. The van der Waals surface area contributed by atoms with E-state index in [1.54, 1.807) is 25.4 Å². The lowest BCUT2D eigenvalue weighted by Crippen LogP contribution is -2.58. The molecule has 2 unspecified atom stereocenters. The zero-order chi connectivity index (χ0) is 24.3. The standard InChI is InChI=1S/C26H30FN5O2/c1-25-8-9-26(2,30-25)15-17(14-25)32(4)23-6-5-21(28-29-23)19-12-20(27)18(13-22(19)33)16-7-10-31(3)24(34)11-16/h5-7,10-13,17,30,33H,8-9,14-15H2,1-4H3. The first-order chi connectivity index (χ1) is 16.1. The zero-order valence-corrected chi connectivity index (χ0v) is 20.0. The summed E-state index contributed by atoms with van der Waals surface area (Å²) in [7, 11) is 3.67. The lowest BCUT2D eigenvalue weighted by Gasteiger charge is -2.45. The molecule has 2 N–H and O–H groups in total. The quantitative estimate of drug-likeness (QED) is 0.612. The Morgan fingerprint density at radius 1 is 1.09 bits per heavy atom. The van der Waals surface area contributed by atoms with E-state index in [1.165, 1.54) is 35.6 Å². The molecule has 0 amide bonds. The number of pyridine rings is 1. The number of anilines is 1. The number of phenols is 1. The zero-order valence-electron chi connectivity index (χ0n) is 20.0. The molecule has 8 heteroatoms. The molecule has 2 bridgehead atoms. The Morgan fingerprint density at radius 3 is 2.41 bits per heavy atom. The van der Waals surface area contributed by atoms with Crippen LogP contribution in [0.2, 0.25) is 0 Å². The van der Waals surface area contributed by atoms with E-state index < -0.39 is 5.82 Å². The van der Waals surface area contributed by atoms with E-state index in [1.807, 2.05) is 13.1 Å². The maximum absolute atomic E-state index is 15.0. The minimum Gasteiger partial charge on any atom is -0.507 e. The fourth-order valence-electron chi connectivity index (χ4n) is 5.65.